The fraction of sp³-hybridized carbons (Fsp3) is 0.341. The molecule has 1 fully saturated rings. The molecule has 0 saturated carbocycles. The number of thioether (sulfide) groups is 1. The summed E-state index contributed by atoms with van der Waals surface area (Å²) in [4.78, 5) is 13.2. The highest BCUT2D eigenvalue weighted by Crippen LogP contribution is 2.41. The summed E-state index contributed by atoms with van der Waals surface area (Å²) in [6.45, 7) is -25.7. The van der Waals surface area contributed by atoms with Crippen molar-refractivity contribution < 1.29 is 84.6 Å². The van der Waals surface area contributed by atoms with E-state index in [-0.39, 0.29) is 0 Å². The molecule has 1 saturated heterocycles. The Morgan fingerprint density at radius 2 is 1.79 bits per heavy atom. The number of fused-ring (bicyclic) bond motifs is 1. The van der Waals surface area contributed by atoms with Gasteiger partial charge in [-0.05, 0) is 72.1 Å². The minimum atomic E-state index is -5.62. The molecule has 0 aliphatic carbocycles. The Morgan fingerprint density at radius 3 is 2.53 bits per heavy atom. The van der Waals surface area contributed by atoms with Crippen LogP contribution in [0.15, 0.2) is 95.7 Å². The SMILES string of the molecule is [2H]C1=C(SC([2H])([2H])c2c([2H])c([2H])c([2H])c(F)c2F)N(C([2H])([2H])C(=O)N(C([2H])([2H])c2c([2H])c([2H])c(-c3c([2H])c([2H])c(C(F)(F)F)c([2H])c3[2H])c([2H])c2C)C2([2H])C([2H])([2H])C([2H])([2H])N(C([2H])([2H])COC([2H])([2H])[2H])C([2H])([2H])C2([2H])[2H])c2c([2H])c([2H])c([2H])c([2H])c2C1O. The maximum absolute atomic E-state index is 16.2. The lowest BCUT2D eigenvalue weighted by atomic mass is 9.97. The molecule has 1 N–H and O–H groups in total. The number of methoxy groups -OCH3 is 1. The molecule has 2 heterocycles. The number of carbonyl (C=O) groups excluding carboxylic acids is 1. The number of likely N-dealkylation sites (tertiary alicyclic amines) is 1. The maximum atomic E-state index is 16.2. The minimum absolute atomic E-state index is 0.484. The first-order valence-electron chi connectivity index (χ1n) is 31.8. The summed E-state index contributed by atoms with van der Waals surface area (Å²) in [5, 5.41) is 9.80. The highest BCUT2D eigenvalue weighted by atomic mass is 32.2. The number of hydrogen-bond acceptors (Lipinski definition) is 6. The standard InChI is InChI=1S/C41H42F5N3O3S/c1-27-22-29(28-12-14-32(15-13-28)41(44,45)46)10-11-30(27)24-48(33-16-18-47(19-17-33)20-21-52-2)38(51)25-49-36-9-4-3-7-34(36)37(50)23-39(49)53-26-31-6-5-8-35(42)40(31)43/h3-15,22-23,33,37,50H,16-21,24-26H2,1-2H3/i2D3,3D,4D,5D,6D,7D,8D,9D,10D,11D,12D,13D,14D,15D,16D2,17D2,18D2,19D2,20D2,22D,23D,24D2,25D2,26D2,33D. The molecule has 6 rings (SSSR count). The molecule has 1 amide bonds. The molecule has 0 spiro atoms. The number of hydrogen-bond donors (Lipinski definition) is 1. The van der Waals surface area contributed by atoms with Crippen molar-refractivity contribution in [1.82, 2.24) is 9.80 Å². The van der Waals surface area contributed by atoms with Gasteiger partial charge in [-0.25, -0.2) is 8.78 Å². The van der Waals surface area contributed by atoms with E-state index < -0.39 is 267 Å². The van der Waals surface area contributed by atoms with Crippen LogP contribution in [0.1, 0.15) is 94.6 Å². The second-order valence-electron chi connectivity index (χ2n) is 10.00. The van der Waals surface area contributed by atoms with Gasteiger partial charge in [0.1, 0.15) is 12.6 Å². The van der Waals surface area contributed by atoms with E-state index in [1.807, 2.05) is 0 Å². The smallest absolute Gasteiger partial charge is 0.384 e. The van der Waals surface area contributed by atoms with Gasteiger partial charge in [0.05, 0.1) is 48.7 Å². The minimum Gasteiger partial charge on any atom is -0.384 e. The average Bonchev–Trinajstić information content (AvgIpc) is 0.751. The van der Waals surface area contributed by atoms with Crippen LogP contribution in [-0.2, 0) is 27.9 Å². The van der Waals surface area contributed by atoms with Gasteiger partial charge in [-0.2, -0.15) is 13.2 Å². The second kappa shape index (κ2) is 16.8. The van der Waals surface area contributed by atoms with Crippen LogP contribution in [0, 0.1) is 18.6 Å². The van der Waals surface area contributed by atoms with Gasteiger partial charge in [0.15, 0.2) is 11.6 Å². The van der Waals surface area contributed by atoms with Gasteiger partial charge in [0.25, 0.3) is 0 Å². The zero-order valence-electron chi connectivity index (χ0n) is 61.2. The predicted octanol–water partition coefficient (Wildman–Crippen LogP) is 8.73. The van der Waals surface area contributed by atoms with E-state index in [0.29, 0.717) is 6.92 Å². The van der Waals surface area contributed by atoms with E-state index in [0.717, 1.165) is 0 Å². The van der Waals surface area contributed by atoms with Crippen molar-refractivity contribution in [3.05, 3.63) is 135 Å². The Bertz CT molecular complexity index is 3540. The number of halogens is 5. The lowest BCUT2D eigenvalue weighted by Gasteiger charge is -2.41. The normalized spacial score (nSPS) is 32.2. The van der Waals surface area contributed by atoms with Crippen molar-refractivity contribution in [2.24, 2.45) is 0 Å². The molecule has 0 aromatic heterocycles. The predicted molar refractivity (Wildman–Crippen MR) is 198 cm³/mol. The lowest BCUT2D eigenvalue weighted by molar-refractivity contribution is -0.137. The van der Waals surface area contributed by atoms with E-state index in [1.165, 1.54) is 0 Å². The van der Waals surface area contributed by atoms with Crippen molar-refractivity contribution in [2.75, 3.05) is 44.5 Å². The number of rotatable bonds is 12. The van der Waals surface area contributed by atoms with Crippen LogP contribution >= 0.6 is 11.8 Å². The molecule has 1 atom stereocenters. The topological polar surface area (TPSA) is 56.3 Å². The van der Waals surface area contributed by atoms with E-state index in [1.54, 1.807) is 0 Å². The lowest BCUT2D eigenvalue weighted by Crippen LogP contribution is -2.50. The highest BCUT2D eigenvalue weighted by Gasteiger charge is 2.33. The molecule has 280 valence electrons. The Balaban J connectivity index is 1.84. The number of aliphatic hydroxyl groups excluding tert-OH is 1. The van der Waals surface area contributed by atoms with Gasteiger partial charge in [0.2, 0.25) is 5.91 Å². The van der Waals surface area contributed by atoms with Gasteiger partial charge >= 0.3 is 6.18 Å². The number of carbonyl (C=O) groups is 1. The van der Waals surface area contributed by atoms with Gasteiger partial charge in [-0.15, -0.1) is 11.8 Å². The number of benzene rings is 4. The molecule has 1 unspecified atom stereocenters. The maximum Gasteiger partial charge on any atom is 0.416 e. The largest absolute Gasteiger partial charge is 0.416 e. The molecule has 12 heteroatoms. The molecule has 2 aliphatic heterocycles. The van der Waals surface area contributed by atoms with Gasteiger partial charge in [-0.1, -0.05) is 60.4 Å². The van der Waals surface area contributed by atoms with Crippen LogP contribution in [0.2, 0.25) is 0 Å². The van der Waals surface area contributed by atoms with Crippen LogP contribution in [0.5, 0.6) is 0 Å². The van der Waals surface area contributed by atoms with Crippen molar-refractivity contribution >= 4 is 23.4 Å². The van der Waals surface area contributed by atoms with Gasteiger partial charge in [-0.3, -0.25) is 4.79 Å². The fourth-order valence-corrected chi connectivity index (χ4v) is 4.85. The first kappa shape index (κ1) is 14.1. The summed E-state index contributed by atoms with van der Waals surface area (Å²) < 4.78 is 385. The molecule has 53 heavy (non-hydrogen) atoms. The Hall–Kier alpha value is -4.23. The number of ether oxygens (including phenoxy) is 1. The monoisotopic (exact) mass is 787 g/mol. The zero-order valence-corrected chi connectivity index (χ0v) is 27.0. The fourth-order valence-electron chi connectivity index (χ4n) is 4.11. The molecule has 0 bridgehead atoms. The van der Waals surface area contributed by atoms with Crippen molar-refractivity contribution in [3.8, 4) is 11.1 Å². The van der Waals surface area contributed by atoms with Gasteiger partial charge in [0, 0.05) is 78.0 Å². The summed E-state index contributed by atoms with van der Waals surface area (Å²) >= 11 is -0.898. The number of aliphatic hydroxyl groups is 1. The number of piperidine rings is 1. The Labute approximate surface area is 360 Å². The van der Waals surface area contributed by atoms with Crippen molar-refractivity contribution in [2.45, 2.75) is 50.2 Å². The van der Waals surface area contributed by atoms with Crippen LogP contribution in [0.25, 0.3) is 11.1 Å². The van der Waals surface area contributed by atoms with E-state index in [9.17, 15) is 32.0 Å². The number of para-hydroxylation sites is 1. The summed E-state index contributed by atoms with van der Waals surface area (Å²) in [5.74, 6) is -8.03. The first-order valence-corrected chi connectivity index (χ1v) is 15.1. The molecule has 6 nitrogen and oxygen atoms in total. The van der Waals surface area contributed by atoms with Crippen molar-refractivity contribution in [3.63, 3.8) is 0 Å². The summed E-state index contributed by atoms with van der Waals surface area (Å²) in [6.07, 6.45) is -19.0. The molecule has 4 aromatic rings. The summed E-state index contributed by atoms with van der Waals surface area (Å²) in [7, 11) is -3.66. The van der Waals surface area contributed by atoms with Crippen LogP contribution in [-0.4, -0.2) is 66.5 Å². The van der Waals surface area contributed by atoms with Gasteiger partial charge < -0.3 is 24.5 Å². The molecule has 4 aromatic carbocycles. The van der Waals surface area contributed by atoms with E-state index >= 15 is 13.6 Å². The first-order chi connectivity index (χ1) is 39.2. The molecular formula is C41H42F5N3O3S. The number of nitrogens with zero attached hydrogens (tertiary/aromatic N) is 3. The number of anilines is 1. The second-order valence-corrected chi connectivity index (χ2v) is 10.8. The van der Waals surface area contributed by atoms with Crippen LogP contribution in [0.3, 0.4) is 0 Å². The van der Waals surface area contributed by atoms with E-state index in [2.05, 4.69) is 4.74 Å². The number of alkyl halides is 3. The quantitative estimate of drug-likeness (QED) is 0.145. The highest BCUT2D eigenvalue weighted by molar-refractivity contribution is 8.02. The molecular weight excluding hydrogens is 710 g/mol. The van der Waals surface area contributed by atoms with Crippen molar-refractivity contribution in [1.29, 1.82) is 0 Å². The van der Waals surface area contributed by atoms with Crippen LogP contribution in [0.4, 0.5) is 27.6 Å². The zero-order chi connectivity index (χ0) is 68.5. The third-order valence-corrected chi connectivity index (χ3v) is 7.36. The third kappa shape index (κ3) is 9.12. The van der Waals surface area contributed by atoms with Crippen LogP contribution < -0.4 is 4.90 Å². The average molecular weight is 787 g/mol. The molecule has 0 radical (unpaired) electrons. The Morgan fingerprint density at radius 1 is 1.06 bits per heavy atom. The van der Waals surface area contributed by atoms with E-state index in [4.69, 9.17) is 34.3 Å². The Kier molecular flexibility index (Phi) is 4.49. The summed E-state index contributed by atoms with van der Waals surface area (Å²) in [6, 6.07) is -30.4. The molecule has 2 aliphatic rings. The third-order valence-electron chi connectivity index (χ3n) is 6.56. The number of amides is 1. The summed E-state index contributed by atoms with van der Waals surface area (Å²) in [5.41, 5.74) is -17.3.